The molecule has 32 heavy (non-hydrogen) atoms. The summed E-state index contributed by atoms with van der Waals surface area (Å²) in [5.41, 5.74) is 0.547. The Balaban J connectivity index is 1.89. The van der Waals surface area contributed by atoms with Crippen LogP contribution >= 0.6 is 7.60 Å². The Morgan fingerprint density at radius 2 is 1.78 bits per heavy atom. The Morgan fingerprint density at radius 1 is 1.09 bits per heavy atom. The molecule has 11 heteroatoms. The first-order valence-corrected chi connectivity index (χ1v) is 12.1. The highest BCUT2D eigenvalue weighted by atomic mass is 31.2. The van der Waals surface area contributed by atoms with Gasteiger partial charge < -0.3 is 39.9 Å². The molecule has 1 saturated heterocycles. The van der Waals surface area contributed by atoms with Crippen LogP contribution < -0.4 is 10.1 Å². The Labute approximate surface area is 186 Å². The number of rotatable bonds is 11. The number of unbranched alkanes of at least 4 members (excludes halogenated alkanes) is 3. The Morgan fingerprint density at radius 3 is 2.41 bits per heavy atom. The minimum Gasteiger partial charge on any atom is -0.462 e. The number of hydrogen-bond donors (Lipinski definition) is 6. The molecule has 1 aromatic carbocycles. The molecular weight excluding hydrogens is 441 g/mol. The number of carbonyl (C=O) groups excluding carboxylic acids is 1. The van der Waals surface area contributed by atoms with Crippen molar-refractivity contribution in [2.24, 2.45) is 0 Å². The lowest BCUT2D eigenvalue weighted by molar-refractivity contribution is -0.272. The number of aliphatic hydroxyl groups excluding tert-OH is 3. The van der Waals surface area contributed by atoms with Crippen molar-refractivity contribution < 1.29 is 43.9 Å². The van der Waals surface area contributed by atoms with Crippen LogP contribution in [0.3, 0.4) is 0 Å². The van der Waals surface area contributed by atoms with E-state index in [0.717, 1.165) is 19.3 Å². The number of anilines is 1. The minimum atomic E-state index is -4.33. The van der Waals surface area contributed by atoms with Gasteiger partial charge in [-0.1, -0.05) is 6.42 Å². The highest BCUT2D eigenvalue weighted by molar-refractivity contribution is 7.51. The molecule has 1 amide bonds. The lowest BCUT2D eigenvalue weighted by Crippen LogP contribution is -2.59. The zero-order valence-electron chi connectivity index (χ0n) is 17.5. The fourth-order valence-corrected chi connectivity index (χ4v) is 3.80. The fourth-order valence-electron chi connectivity index (χ4n) is 3.21. The Kier molecular flexibility index (Phi) is 10.1. The molecule has 1 heterocycles. The summed E-state index contributed by atoms with van der Waals surface area (Å²) in [6.45, 7) is 0. The Hall–Kier alpha value is -1.96. The van der Waals surface area contributed by atoms with Gasteiger partial charge in [0.1, 0.15) is 24.1 Å². The fraction of sp³-hybridized carbons (Fsp3) is 0.571. The van der Waals surface area contributed by atoms with Crippen molar-refractivity contribution in [3.8, 4) is 18.1 Å². The molecule has 0 saturated carbocycles. The molecular formula is C21H30NO9P. The number of amides is 1. The Bertz CT molecular complexity index is 820. The van der Waals surface area contributed by atoms with E-state index >= 15 is 0 Å². The molecule has 0 bridgehead atoms. The lowest BCUT2D eigenvalue weighted by Gasteiger charge is -2.40. The maximum absolute atomic E-state index is 12.0. The second-order valence-electron chi connectivity index (χ2n) is 7.65. The van der Waals surface area contributed by atoms with E-state index in [1.54, 1.807) is 12.1 Å². The second kappa shape index (κ2) is 12.3. The van der Waals surface area contributed by atoms with Crippen LogP contribution in [0.1, 0.15) is 38.5 Å². The van der Waals surface area contributed by atoms with E-state index in [4.69, 9.17) is 25.7 Å². The van der Waals surface area contributed by atoms with E-state index in [-0.39, 0.29) is 18.1 Å². The highest BCUT2D eigenvalue weighted by Gasteiger charge is 2.45. The minimum absolute atomic E-state index is 0.129. The standard InChI is InChI=1S/C21H30NO9P/c1-2-3-4-5-6-7-17(23)22-14-8-10-15(11-9-14)30-21-20(26)19(25)18(24)16(31-21)12-13-32(27,28)29/h1,8-11,16,18-21,24-26H,3-7,12-13H2,(H,22,23)(H2,27,28,29)/t16-,18-,19+,20+,21+/m1/s1. The summed E-state index contributed by atoms with van der Waals surface area (Å²) in [4.78, 5) is 30.0. The first-order chi connectivity index (χ1) is 15.1. The topological polar surface area (TPSA) is 166 Å². The van der Waals surface area contributed by atoms with E-state index < -0.39 is 44.5 Å². The van der Waals surface area contributed by atoms with Gasteiger partial charge in [-0.3, -0.25) is 9.36 Å². The van der Waals surface area contributed by atoms with Crippen LogP contribution in [0.25, 0.3) is 0 Å². The predicted octanol–water partition coefficient (Wildman–Crippen LogP) is 0.963. The molecule has 1 aromatic rings. The molecule has 0 aromatic heterocycles. The quantitative estimate of drug-likeness (QED) is 0.157. The van der Waals surface area contributed by atoms with Crippen LogP contribution in [-0.2, 0) is 14.1 Å². The second-order valence-corrected chi connectivity index (χ2v) is 9.42. The van der Waals surface area contributed by atoms with E-state index in [1.807, 2.05) is 0 Å². The summed E-state index contributed by atoms with van der Waals surface area (Å²) in [5.74, 6) is 2.69. The van der Waals surface area contributed by atoms with Gasteiger partial charge in [0.15, 0.2) is 0 Å². The maximum atomic E-state index is 12.0. The van der Waals surface area contributed by atoms with Crippen molar-refractivity contribution in [1.29, 1.82) is 0 Å². The van der Waals surface area contributed by atoms with Gasteiger partial charge in [-0.2, -0.15) is 0 Å². The molecule has 0 spiro atoms. The third kappa shape index (κ3) is 8.52. The number of nitrogens with one attached hydrogen (secondary N) is 1. The van der Waals surface area contributed by atoms with E-state index in [2.05, 4.69) is 11.2 Å². The largest absolute Gasteiger partial charge is 0.462 e. The van der Waals surface area contributed by atoms with Crippen LogP contribution in [0.2, 0.25) is 0 Å². The number of benzene rings is 1. The van der Waals surface area contributed by atoms with Crippen molar-refractivity contribution >= 4 is 19.2 Å². The molecule has 1 aliphatic heterocycles. The third-order valence-electron chi connectivity index (χ3n) is 4.99. The molecule has 1 aliphatic rings. The van der Waals surface area contributed by atoms with Crippen LogP contribution in [-0.4, -0.2) is 67.9 Å². The summed E-state index contributed by atoms with van der Waals surface area (Å²) < 4.78 is 22.1. The average molecular weight is 471 g/mol. The molecule has 0 aliphatic carbocycles. The van der Waals surface area contributed by atoms with Gasteiger partial charge in [0.2, 0.25) is 12.2 Å². The van der Waals surface area contributed by atoms with Gasteiger partial charge in [0.05, 0.1) is 12.3 Å². The number of ether oxygens (including phenoxy) is 2. The highest BCUT2D eigenvalue weighted by Crippen LogP contribution is 2.37. The van der Waals surface area contributed by atoms with Crippen molar-refractivity contribution in [1.82, 2.24) is 0 Å². The average Bonchev–Trinajstić information content (AvgIpc) is 2.74. The molecule has 178 valence electrons. The zero-order chi connectivity index (χ0) is 23.7. The summed E-state index contributed by atoms with van der Waals surface area (Å²) in [6, 6.07) is 6.25. The lowest BCUT2D eigenvalue weighted by atomic mass is 9.97. The molecule has 5 atom stereocenters. The molecule has 1 fully saturated rings. The number of terminal acetylenes is 1. The van der Waals surface area contributed by atoms with Gasteiger partial charge in [-0.25, -0.2) is 0 Å². The zero-order valence-corrected chi connectivity index (χ0v) is 18.4. The van der Waals surface area contributed by atoms with Gasteiger partial charge in [-0.05, 0) is 43.5 Å². The van der Waals surface area contributed by atoms with Crippen LogP contribution in [0.5, 0.6) is 5.75 Å². The number of carbonyl (C=O) groups is 1. The first kappa shape index (κ1) is 26.3. The maximum Gasteiger partial charge on any atom is 0.325 e. The van der Waals surface area contributed by atoms with Crippen molar-refractivity contribution in [2.45, 2.75) is 69.2 Å². The van der Waals surface area contributed by atoms with Crippen LogP contribution in [0.4, 0.5) is 5.69 Å². The SMILES string of the molecule is C#CCCCCCC(=O)Nc1ccc(O[C@H]2O[C@H](CCP(=O)(O)O)[C@@H](O)[C@H](O)[C@@H]2O)cc1. The van der Waals surface area contributed by atoms with Crippen LogP contribution in [0, 0.1) is 12.3 Å². The molecule has 0 unspecified atom stereocenters. The predicted molar refractivity (Wildman–Crippen MR) is 116 cm³/mol. The molecule has 0 radical (unpaired) electrons. The van der Waals surface area contributed by atoms with Crippen molar-refractivity contribution in [3.63, 3.8) is 0 Å². The molecule has 6 N–H and O–H groups in total. The summed E-state index contributed by atoms with van der Waals surface area (Å²) in [6.07, 6.45) is 0.759. The van der Waals surface area contributed by atoms with Gasteiger partial charge >= 0.3 is 7.60 Å². The molecule has 10 nitrogen and oxygen atoms in total. The van der Waals surface area contributed by atoms with Crippen molar-refractivity contribution in [3.05, 3.63) is 24.3 Å². The smallest absolute Gasteiger partial charge is 0.325 e. The van der Waals surface area contributed by atoms with E-state index in [0.29, 0.717) is 18.5 Å². The summed E-state index contributed by atoms with van der Waals surface area (Å²) in [5, 5.41) is 33.0. The third-order valence-corrected chi connectivity index (χ3v) is 5.83. The monoisotopic (exact) mass is 471 g/mol. The van der Waals surface area contributed by atoms with E-state index in [1.165, 1.54) is 12.1 Å². The number of aliphatic hydroxyl groups is 3. The van der Waals surface area contributed by atoms with Gasteiger partial charge in [0, 0.05) is 18.5 Å². The van der Waals surface area contributed by atoms with Crippen LogP contribution in [0.15, 0.2) is 24.3 Å². The number of hydrogen-bond acceptors (Lipinski definition) is 7. The van der Waals surface area contributed by atoms with Crippen molar-refractivity contribution in [2.75, 3.05) is 11.5 Å². The van der Waals surface area contributed by atoms with E-state index in [9.17, 15) is 24.7 Å². The van der Waals surface area contributed by atoms with Gasteiger partial charge in [-0.15, -0.1) is 12.3 Å². The normalized spacial score (nSPS) is 25.7. The van der Waals surface area contributed by atoms with Gasteiger partial charge in [0.25, 0.3) is 0 Å². The first-order valence-electron chi connectivity index (χ1n) is 10.3. The summed E-state index contributed by atoms with van der Waals surface area (Å²) >= 11 is 0. The molecule has 2 rings (SSSR count). The summed E-state index contributed by atoms with van der Waals surface area (Å²) in [7, 11) is -4.33.